The van der Waals surface area contributed by atoms with Gasteiger partial charge in [0.15, 0.2) is 0 Å². The zero-order valence-electron chi connectivity index (χ0n) is 25.3. The average molecular weight is 713 g/mol. The third kappa shape index (κ3) is 5.76. The van der Waals surface area contributed by atoms with Crippen LogP contribution in [0.25, 0.3) is 0 Å². The highest BCUT2D eigenvalue weighted by Gasteiger charge is 2.78. The molecular weight excluding hydrogens is 678 g/mol. The molecule has 0 aromatic rings. The highest BCUT2D eigenvalue weighted by atomic mass is 19.4. The number of fused-ring (bicyclic) bond motifs is 5. The Balaban J connectivity index is 1.43. The van der Waals surface area contributed by atoms with Crippen molar-refractivity contribution in [3.63, 3.8) is 0 Å². The molecule has 9 atom stereocenters. The lowest BCUT2D eigenvalue weighted by Crippen LogP contribution is -2.58. The van der Waals surface area contributed by atoms with Gasteiger partial charge >= 0.3 is 48.0 Å². The lowest BCUT2D eigenvalue weighted by atomic mass is 9.44. The van der Waals surface area contributed by atoms with Crippen molar-refractivity contribution in [3.05, 3.63) is 0 Å². The molecule has 0 bridgehead atoms. The molecule has 0 aromatic carbocycles. The number of rotatable bonds is 7. The largest absolute Gasteiger partial charge is 0.460 e. The van der Waals surface area contributed by atoms with Gasteiger partial charge in [-0.05, 0) is 99.2 Å². The molecule has 0 aromatic heterocycles. The molecular formula is C29H34F14O4. The van der Waals surface area contributed by atoms with Crippen molar-refractivity contribution in [3.8, 4) is 0 Å². The summed E-state index contributed by atoms with van der Waals surface area (Å²) in [5, 5.41) is 0. The Labute approximate surface area is 260 Å². The number of carbonyl (C=O) groups is 2. The van der Waals surface area contributed by atoms with Gasteiger partial charge in [-0.2, -0.15) is 61.5 Å². The molecule has 0 aliphatic heterocycles. The second kappa shape index (κ2) is 11.5. The van der Waals surface area contributed by atoms with E-state index in [9.17, 15) is 71.1 Å². The maximum absolute atomic E-state index is 14.0. The maximum Gasteiger partial charge on any atom is 0.460 e. The molecule has 4 saturated carbocycles. The smallest absolute Gasteiger partial charge is 0.458 e. The second-order valence-corrected chi connectivity index (χ2v) is 14.1. The predicted molar refractivity (Wildman–Crippen MR) is 133 cm³/mol. The van der Waals surface area contributed by atoms with Crippen LogP contribution >= 0.6 is 0 Å². The summed E-state index contributed by atoms with van der Waals surface area (Å²) in [6.45, 7) is 4.92. The lowest BCUT2D eigenvalue weighted by molar-refractivity contribution is -0.349. The number of alkyl halides is 14. The number of esters is 2. The van der Waals surface area contributed by atoms with Crippen molar-refractivity contribution < 1.29 is 80.5 Å². The van der Waals surface area contributed by atoms with Crippen LogP contribution in [0.2, 0.25) is 0 Å². The van der Waals surface area contributed by atoms with E-state index < -0.39 is 76.9 Å². The third-order valence-corrected chi connectivity index (χ3v) is 11.8. The van der Waals surface area contributed by atoms with E-state index in [1.807, 2.05) is 13.8 Å². The summed E-state index contributed by atoms with van der Waals surface area (Å²) in [4.78, 5) is 23.8. The SMILES string of the molecule is C[C@H](OC(=O)C(F)(F)C(F)(F)C(F)(F)F)[C@H]1CCC2C3CC[C@@H]4C[C@@H](OC(=O)C(F)(F)C(F)(F)C(F)(F)F)CC[C@]4(C)C3CC[C@@]21C. The Bertz CT molecular complexity index is 1220. The number of ether oxygens (including phenoxy) is 2. The third-order valence-electron chi connectivity index (χ3n) is 11.8. The molecule has 3 unspecified atom stereocenters. The summed E-state index contributed by atoms with van der Waals surface area (Å²) in [5.41, 5.74) is -1.15. The average Bonchev–Trinajstić information content (AvgIpc) is 3.29. The minimum atomic E-state index is -6.70. The van der Waals surface area contributed by atoms with Crippen molar-refractivity contribution in [1.82, 2.24) is 0 Å². The van der Waals surface area contributed by atoms with E-state index in [2.05, 4.69) is 9.47 Å². The first kappa shape index (κ1) is 37.8. The Morgan fingerprint density at radius 2 is 1.13 bits per heavy atom. The van der Waals surface area contributed by atoms with Crippen LogP contribution in [0.4, 0.5) is 61.5 Å². The number of hydrogen-bond donors (Lipinski definition) is 0. The van der Waals surface area contributed by atoms with Crippen LogP contribution in [-0.2, 0) is 19.1 Å². The van der Waals surface area contributed by atoms with Gasteiger partial charge < -0.3 is 9.47 Å². The van der Waals surface area contributed by atoms with Gasteiger partial charge in [0.2, 0.25) is 0 Å². The van der Waals surface area contributed by atoms with Crippen LogP contribution in [0.1, 0.15) is 78.6 Å². The first-order chi connectivity index (χ1) is 21.1. The monoisotopic (exact) mass is 712 g/mol. The molecule has 47 heavy (non-hydrogen) atoms. The van der Waals surface area contributed by atoms with Gasteiger partial charge in [0.05, 0.1) is 0 Å². The number of carbonyl (C=O) groups excluding carboxylic acids is 2. The molecule has 0 saturated heterocycles. The van der Waals surface area contributed by atoms with E-state index in [0.29, 0.717) is 38.5 Å². The summed E-state index contributed by atoms with van der Waals surface area (Å²) in [6, 6.07) is 0. The Hall–Kier alpha value is -2.04. The molecule has 0 amide bonds. The second-order valence-electron chi connectivity index (χ2n) is 14.1. The summed E-state index contributed by atoms with van der Waals surface area (Å²) in [7, 11) is 0. The fraction of sp³-hybridized carbons (Fsp3) is 0.931. The van der Waals surface area contributed by atoms with Crippen LogP contribution in [0.3, 0.4) is 0 Å². The van der Waals surface area contributed by atoms with Gasteiger partial charge in [-0.1, -0.05) is 13.8 Å². The Morgan fingerprint density at radius 1 is 0.638 bits per heavy atom. The topological polar surface area (TPSA) is 52.6 Å². The first-order valence-corrected chi connectivity index (χ1v) is 15.1. The van der Waals surface area contributed by atoms with Gasteiger partial charge in [0, 0.05) is 5.92 Å². The first-order valence-electron chi connectivity index (χ1n) is 15.1. The quantitative estimate of drug-likeness (QED) is 0.195. The van der Waals surface area contributed by atoms with E-state index >= 15 is 0 Å². The fourth-order valence-corrected chi connectivity index (χ4v) is 9.30. The van der Waals surface area contributed by atoms with Crippen molar-refractivity contribution in [2.24, 2.45) is 40.4 Å². The van der Waals surface area contributed by atoms with Crippen molar-refractivity contribution in [1.29, 1.82) is 0 Å². The Kier molecular flexibility index (Phi) is 9.25. The number of hydrogen-bond acceptors (Lipinski definition) is 4. The predicted octanol–water partition coefficient (Wildman–Crippen LogP) is 9.15. The molecule has 0 spiro atoms. The summed E-state index contributed by atoms with van der Waals surface area (Å²) < 4.78 is 193. The van der Waals surface area contributed by atoms with Gasteiger partial charge in [0.25, 0.3) is 0 Å². The molecule has 272 valence electrons. The summed E-state index contributed by atoms with van der Waals surface area (Å²) in [6.07, 6.45) is -13.3. The van der Waals surface area contributed by atoms with E-state index in [1.54, 1.807) is 0 Å². The summed E-state index contributed by atoms with van der Waals surface area (Å²) in [5.74, 6) is -32.6. The van der Waals surface area contributed by atoms with Crippen molar-refractivity contribution >= 4 is 11.9 Å². The zero-order valence-corrected chi connectivity index (χ0v) is 25.3. The molecule has 4 aliphatic carbocycles. The molecule has 4 fully saturated rings. The van der Waals surface area contributed by atoms with Crippen LogP contribution in [0.15, 0.2) is 0 Å². The van der Waals surface area contributed by atoms with Gasteiger partial charge in [-0.15, -0.1) is 0 Å². The maximum atomic E-state index is 14.0. The standard InChI is InChI=1S/C29H34F14O4/c1-13(46-20(44)24(30,31)26(34,35)28(38,39)40)17-6-7-18-16-5-4-14-12-15(8-10-22(14,2)19(16)9-11-23(17,18)3)47-21(45)25(32,33)27(36,37)29(41,42)43/h13-19H,4-12H2,1-3H3/t13-,14+,15-,16?,17+,18?,19?,22-,23+/m0/s1. The van der Waals surface area contributed by atoms with Crippen molar-refractivity contribution in [2.45, 2.75) is 127 Å². The highest BCUT2D eigenvalue weighted by molar-refractivity contribution is 5.79. The van der Waals surface area contributed by atoms with Gasteiger partial charge in [-0.3, -0.25) is 0 Å². The van der Waals surface area contributed by atoms with Crippen LogP contribution in [0.5, 0.6) is 0 Å². The molecule has 4 aliphatic rings. The van der Waals surface area contributed by atoms with E-state index in [1.165, 1.54) is 6.92 Å². The Morgan fingerprint density at radius 3 is 1.66 bits per heavy atom. The highest BCUT2D eigenvalue weighted by Crippen LogP contribution is 2.68. The normalized spacial score (nSPS) is 36.1. The van der Waals surface area contributed by atoms with Crippen LogP contribution in [0, 0.1) is 40.4 Å². The number of halogens is 14. The molecule has 4 rings (SSSR count). The lowest BCUT2D eigenvalue weighted by Gasteiger charge is -2.61. The minimum absolute atomic E-state index is 0.00665. The molecule has 0 N–H and O–H groups in total. The van der Waals surface area contributed by atoms with E-state index in [-0.39, 0.29) is 42.9 Å². The van der Waals surface area contributed by atoms with Crippen LogP contribution in [-0.4, -0.2) is 60.2 Å². The van der Waals surface area contributed by atoms with Crippen LogP contribution < -0.4 is 0 Å². The van der Waals surface area contributed by atoms with Gasteiger partial charge in [-0.25, -0.2) is 9.59 Å². The summed E-state index contributed by atoms with van der Waals surface area (Å²) >= 11 is 0. The van der Waals surface area contributed by atoms with Crippen molar-refractivity contribution in [2.75, 3.05) is 0 Å². The van der Waals surface area contributed by atoms with E-state index in [0.717, 1.165) is 0 Å². The van der Waals surface area contributed by atoms with Gasteiger partial charge in [0.1, 0.15) is 12.2 Å². The minimum Gasteiger partial charge on any atom is -0.458 e. The molecule has 18 heteroatoms. The fourth-order valence-electron chi connectivity index (χ4n) is 9.30. The zero-order chi connectivity index (χ0) is 36.0. The molecule has 4 nitrogen and oxygen atoms in total. The molecule has 0 radical (unpaired) electrons. The molecule has 0 heterocycles. The van der Waals surface area contributed by atoms with E-state index in [4.69, 9.17) is 0 Å².